The summed E-state index contributed by atoms with van der Waals surface area (Å²) in [6.07, 6.45) is 0.802. The smallest absolute Gasteiger partial charge is 0.134 e. The van der Waals surface area contributed by atoms with Gasteiger partial charge < -0.3 is 10.5 Å². The molecule has 0 radical (unpaired) electrons. The summed E-state index contributed by atoms with van der Waals surface area (Å²) in [5.74, 6) is 7.17. The van der Waals surface area contributed by atoms with Crippen LogP contribution in [0.3, 0.4) is 0 Å². The molecule has 2 heteroatoms. The van der Waals surface area contributed by atoms with Gasteiger partial charge in [0.2, 0.25) is 0 Å². The fourth-order valence-electron chi connectivity index (χ4n) is 1.91. The lowest BCUT2D eigenvalue weighted by Crippen LogP contribution is -2.05. The number of hydrogen-bond acceptors (Lipinski definition) is 2. The van der Waals surface area contributed by atoms with Gasteiger partial charge in [-0.3, -0.25) is 0 Å². The normalized spacial score (nSPS) is 9.58. The first-order valence-electron chi connectivity index (χ1n) is 6.28. The van der Waals surface area contributed by atoms with Crippen molar-refractivity contribution in [3.05, 3.63) is 65.2 Å². The molecular weight excluding hydrogens is 234 g/mol. The fraction of sp³-hybridized carbons (Fsp3) is 0.176. The second-order valence-electron chi connectivity index (χ2n) is 4.15. The Morgan fingerprint density at radius 2 is 1.79 bits per heavy atom. The highest BCUT2D eigenvalue weighted by Gasteiger charge is 2.05. The summed E-state index contributed by atoms with van der Waals surface area (Å²) < 4.78 is 5.38. The number of methoxy groups -OCH3 is 1. The van der Waals surface area contributed by atoms with Crippen LogP contribution in [0.5, 0.6) is 5.75 Å². The first kappa shape index (κ1) is 13.2. The molecule has 0 heterocycles. The van der Waals surface area contributed by atoms with Crippen molar-refractivity contribution in [1.29, 1.82) is 0 Å². The standard InChI is InChI=1S/C17H17NO/c1-19-17-9-5-8-15(12-13-18)16(17)11-10-14-6-3-2-4-7-14/h2-9H,12-13,18H2,1H3. The lowest BCUT2D eigenvalue weighted by molar-refractivity contribution is 0.413. The molecule has 0 bridgehead atoms. The lowest BCUT2D eigenvalue weighted by Gasteiger charge is -2.08. The van der Waals surface area contributed by atoms with E-state index in [2.05, 4.69) is 11.8 Å². The number of hydrogen-bond donors (Lipinski definition) is 1. The highest BCUT2D eigenvalue weighted by molar-refractivity contribution is 5.54. The van der Waals surface area contributed by atoms with E-state index < -0.39 is 0 Å². The highest BCUT2D eigenvalue weighted by Crippen LogP contribution is 2.21. The third-order valence-corrected chi connectivity index (χ3v) is 2.85. The van der Waals surface area contributed by atoms with Gasteiger partial charge in [-0.05, 0) is 36.7 Å². The van der Waals surface area contributed by atoms with E-state index in [9.17, 15) is 0 Å². The van der Waals surface area contributed by atoms with Gasteiger partial charge in [0, 0.05) is 5.56 Å². The van der Waals surface area contributed by atoms with Crippen LogP contribution in [0.2, 0.25) is 0 Å². The quantitative estimate of drug-likeness (QED) is 0.851. The van der Waals surface area contributed by atoms with Crippen molar-refractivity contribution in [3.63, 3.8) is 0 Å². The number of benzene rings is 2. The molecule has 0 aliphatic rings. The molecule has 0 atom stereocenters. The molecule has 2 nitrogen and oxygen atoms in total. The van der Waals surface area contributed by atoms with Crippen LogP contribution in [0.25, 0.3) is 0 Å². The maximum atomic E-state index is 5.64. The summed E-state index contributed by atoms with van der Waals surface area (Å²) >= 11 is 0. The second-order valence-corrected chi connectivity index (χ2v) is 4.15. The van der Waals surface area contributed by atoms with Crippen LogP contribution in [0, 0.1) is 11.8 Å². The summed E-state index contributed by atoms with van der Waals surface area (Å²) in [7, 11) is 1.66. The molecule has 0 aliphatic carbocycles. The molecule has 0 amide bonds. The van der Waals surface area contributed by atoms with Crippen LogP contribution >= 0.6 is 0 Å². The minimum Gasteiger partial charge on any atom is -0.495 e. The van der Waals surface area contributed by atoms with Gasteiger partial charge in [0.05, 0.1) is 12.7 Å². The van der Waals surface area contributed by atoms with Crippen LogP contribution in [0.4, 0.5) is 0 Å². The number of nitrogens with two attached hydrogens (primary N) is 1. The Hall–Kier alpha value is -2.24. The average Bonchev–Trinajstić information content (AvgIpc) is 2.47. The Morgan fingerprint density at radius 1 is 1.00 bits per heavy atom. The van der Waals surface area contributed by atoms with Gasteiger partial charge in [-0.15, -0.1) is 0 Å². The van der Waals surface area contributed by atoms with Crippen LogP contribution in [0.1, 0.15) is 16.7 Å². The maximum Gasteiger partial charge on any atom is 0.134 e. The molecule has 0 aliphatic heterocycles. The summed E-state index contributed by atoms with van der Waals surface area (Å²) in [4.78, 5) is 0. The van der Waals surface area contributed by atoms with Crippen LogP contribution in [-0.4, -0.2) is 13.7 Å². The van der Waals surface area contributed by atoms with Crippen molar-refractivity contribution in [2.45, 2.75) is 6.42 Å². The summed E-state index contributed by atoms with van der Waals surface area (Å²) in [5.41, 5.74) is 8.69. The molecule has 19 heavy (non-hydrogen) atoms. The molecule has 2 aromatic carbocycles. The van der Waals surface area contributed by atoms with E-state index in [1.165, 1.54) is 0 Å². The lowest BCUT2D eigenvalue weighted by atomic mass is 10.0. The molecule has 96 valence electrons. The molecule has 0 saturated heterocycles. The van der Waals surface area contributed by atoms with E-state index in [0.717, 1.165) is 28.9 Å². The van der Waals surface area contributed by atoms with Gasteiger partial charge in [-0.25, -0.2) is 0 Å². The molecule has 2 rings (SSSR count). The minimum absolute atomic E-state index is 0.604. The third-order valence-electron chi connectivity index (χ3n) is 2.85. The molecule has 0 fully saturated rings. The van der Waals surface area contributed by atoms with Gasteiger partial charge in [-0.2, -0.15) is 0 Å². The van der Waals surface area contributed by atoms with Crippen LogP contribution in [0.15, 0.2) is 48.5 Å². The van der Waals surface area contributed by atoms with Crippen LogP contribution in [-0.2, 0) is 6.42 Å². The van der Waals surface area contributed by atoms with E-state index >= 15 is 0 Å². The van der Waals surface area contributed by atoms with Gasteiger partial charge >= 0.3 is 0 Å². The van der Waals surface area contributed by atoms with E-state index in [0.29, 0.717) is 6.54 Å². The third kappa shape index (κ3) is 3.37. The molecule has 2 aromatic rings. The molecule has 0 unspecified atom stereocenters. The van der Waals surface area contributed by atoms with Gasteiger partial charge in [0.1, 0.15) is 5.75 Å². The molecule has 0 aromatic heterocycles. The van der Waals surface area contributed by atoms with Gasteiger partial charge in [0.25, 0.3) is 0 Å². The van der Waals surface area contributed by atoms with E-state index in [1.54, 1.807) is 7.11 Å². The highest BCUT2D eigenvalue weighted by atomic mass is 16.5. The van der Waals surface area contributed by atoms with E-state index in [1.807, 2.05) is 48.5 Å². The largest absolute Gasteiger partial charge is 0.495 e. The number of rotatable bonds is 3. The summed E-state index contributed by atoms with van der Waals surface area (Å²) in [6, 6.07) is 15.9. The molecular formula is C17H17NO. The Bertz CT molecular complexity index is 594. The van der Waals surface area contributed by atoms with Crippen molar-refractivity contribution in [2.75, 3.05) is 13.7 Å². The Morgan fingerprint density at radius 3 is 2.47 bits per heavy atom. The van der Waals surface area contributed by atoms with Gasteiger partial charge in [-0.1, -0.05) is 42.2 Å². The Kier molecular flexibility index (Phi) is 4.60. The zero-order valence-electron chi connectivity index (χ0n) is 11.0. The fourth-order valence-corrected chi connectivity index (χ4v) is 1.91. The zero-order valence-corrected chi connectivity index (χ0v) is 11.0. The van der Waals surface area contributed by atoms with E-state index in [-0.39, 0.29) is 0 Å². The average molecular weight is 251 g/mol. The first-order chi connectivity index (χ1) is 9.35. The minimum atomic E-state index is 0.604. The van der Waals surface area contributed by atoms with Crippen molar-refractivity contribution in [2.24, 2.45) is 5.73 Å². The summed E-state index contributed by atoms with van der Waals surface area (Å²) in [6.45, 7) is 0.604. The van der Waals surface area contributed by atoms with Crippen molar-refractivity contribution < 1.29 is 4.74 Å². The molecule has 0 saturated carbocycles. The Balaban J connectivity index is 2.41. The predicted molar refractivity (Wildman–Crippen MR) is 78.2 cm³/mol. The first-order valence-corrected chi connectivity index (χ1v) is 6.28. The number of ether oxygens (including phenoxy) is 1. The topological polar surface area (TPSA) is 35.2 Å². The van der Waals surface area contributed by atoms with E-state index in [4.69, 9.17) is 10.5 Å². The predicted octanol–water partition coefficient (Wildman–Crippen LogP) is 2.60. The second kappa shape index (κ2) is 6.63. The zero-order chi connectivity index (χ0) is 13.5. The summed E-state index contributed by atoms with van der Waals surface area (Å²) in [5, 5.41) is 0. The van der Waals surface area contributed by atoms with Crippen molar-refractivity contribution in [3.8, 4) is 17.6 Å². The maximum absolute atomic E-state index is 5.64. The van der Waals surface area contributed by atoms with Crippen molar-refractivity contribution in [1.82, 2.24) is 0 Å². The molecule has 0 spiro atoms. The van der Waals surface area contributed by atoms with Crippen LogP contribution < -0.4 is 10.5 Å². The molecule has 2 N–H and O–H groups in total. The monoisotopic (exact) mass is 251 g/mol. The Labute approximate surface area is 114 Å². The van der Waals surface area contributed by atoms with Crippen molar-refractivity contribution >= 4 is 0 Å². The van der Waals surface area contributed by atoms with Gasteiger partial charge in [0.15, 0.2) is 0 Å². The SMILES string of the molecule is COc1cccc(CCN)c1C#Cc1ccccc1.